The summed E-state index contributed by atoms with van der Waals surface area (Å²) >= 11 is 17.3. The van der Waals surface area contributed by atoms with Gasteiger partial charge >= 0.3 is 0 Å². The lowest BCUT2D eigenvalue weighted by atomic mass is 10.1. The van der Waals surface area contributed by atoms with Crippen molar-refractivity contribution in [1.82, 2.24) is 19.6 Å². The van der Waals surface area contributed by atoms with E-state index in [9.17, 15) is 29.7 Å². The average Bonchev–Trinajstić information content (AvgIpc) is 3.46. The van der Waals surface area contributed by atoms with Crippen LogP contribution in [0.3, 0.4) is 0 Å². The van der Waals surface area contributed by atoms with Gasteiger partial charge < -0.3 is 44.2 Å². The highest BCUT2D eigenvalue weighted by Crippen LogP contribution is 2.33. The summed E-state index contributed by atoms with van der Waals surface area (Å²) in [4.78, 5) is 48.1. The van der Waals surface area contributed by atoms with E-state index in [4.69, 9.17) is 37.4 Å². The molecule has 3 amide bonds. The molecular formula is C62H76Cl2N4O9S3. The number of benzene rings is 6. The molecule has 18 heteroatoms. The van der Waals surface area contributed by atoms with Crippen LogP contribution in [0.15, 0.2) is 142 Å². The molecule has 3 N–H and O–H groups in total. The molecule has 0 saturated carbocycles. The van der Waals surface area contributed by atoms with Crippen LogP contribution in [0.2, 0.25) is 10.0 Å². The molecule has 1 aliphatic rings. The molecule has 0 radical (unpaired) electrons. The lowest BCUT2D eigenvalue weighted by Gasteiger charge is -2.28. The van der Waals surface area contributed by atoms with Crippen molar-refractivity contribution in [2.45, 2.75) is 86.3 Å². The monoisotopic (exact) mass is 1190 g/mol. The van der Waals surface area contributed by atoms with Crippen LogP contribution in [0.1, 0.15) is 66.3 Å². The van der Waals surface area contributed by atoms with Crippen LogP contribution in [-0.2, 0) is 45.3 Å². The summed E-state index contributed by atoms with van der Waals surface area (Å²) in [5.74, 6) is 5.12. The Morgan fingerprint density at radius 3 is 1.41 bits per heavy atom. The number of aromatic hydroxyl groups is 3. The second-order valence-corrected chi connectivity index (χ2v) is 23.5. The number of thioether (sulfide) groups is 3. The maximum atomic E-state index is 12.6. The predicted molar refractivity (Wildman–Crippen MR) is 327 cm³/mol. The smallest absolute Gasteiger partial charge is 0.222 e. The Balaban J connectivity index is 0.000000221. The molecule has 7 rings (SSSR count). The van der Waals surface area contributed by atoms with Crippen LogP contribution in [0.25, 0.3) is 0 Å². The number of morpholine rings is 1. The van der Waals surface area contributed by atoms with Crippen LogP contribution in [0.4, 0.5) is 0 Å². The Kier molecular flexibility index (Phi) is 28.6. The first-order chi connectivity index (χ1) is 38.5. The minimum Gasteiger partial charge on any atom is -0.508 e. The van der Waals surface area contributed by atoms with Gasteiger partial charge in [0.15, 0.2) is 0 Å². The lowest BCUT2D eigenvalue weighted by Crippen LogP contribution is -2.36. The molecule has 0 spiro atoms. The Morgan fingerprint density at radius 1 is 0.550 bits per heavy atom. The fraction of sp³-hybridized carbons (Fsp3) is 0.371. The van der Waals surface area contributed by atoms with Crippen molar-refractivity contribution >= 4 is 76.2 Å². The summed E-state index contributed by atoms with van der Waals surface area (Å²) < 4.78 is 16.2. The maximum Gasteiger partial charge on any atom is 0.222 e. The van der Waals surface area contributed by atoms with Gasteiger partial charge in [0, 0.05) is 111 Å². The first-order valence-electron chi connectivity index (χ1n) is 26.5. The van der Waals surface area contributed by atoms with Gasteiger partial charge in [-0.05, 0) is 151 Å². The highest BCUT2D eigenvalue weighted by Gasteiger charge is 2.18. The van der Waals surface area contributed by atoms with Crippen molar-refractivity contribution in [3.05, 3.63) is 165 Å². The van der Waals surface area contributed by atoms with Crippen LogP contribution in [0.5, 0.6) is 28.7 Å². The van der Waals surface area contributed by atoms with E-state index >= 15 is 0 Å². The number of nitrogens with zero attached hydrogens (tertiary/aromatic N) is 4. The molecule has 1 heterocycles. The topological polar surface area (TPSA) is 153 Å². The minimum absolute atomic E-state index is 0.0504. The van der Waals surface area contributed by atoms with Gasteiger partial charge in [-0.1, -0.05) is 59.6 Å². The fourth-order valence-corrected chi connectivity index (χ4v) is 11.5. The fourth-order valence-electron chi connectivity index (χ4n) is 8.28. The molecule has 1 aliphatic heterocycles. The maximum absolute atomic E-state index is 12.6. The van der Waals surface area contributed by atoms with E-state index in [1.165, 1.54) is 11.1 Å². The van der Waals surface area contributed by atoms with Gasteiger partial charge in [0.05, 0.1) is 32.5 Å². The number of carbonyl (C=O) groups excluding carboxylic acids is 3. The van der Waals surface area contributed by atoms with E-state index in [2.05, 4.69) is 23.1 Å². The molecule has 0 aromatic heterocycles. The first kappa shape index (κ1) is 65.1. The highest BCUT2D eigenvalue weighted by atomic mass is 35.5. The molecule has 80 heavy (non-hydrogen) atoms. The normalized spacial score (nSPS) is 12.1. The molecule has 1 fully saturated rings. The Hall–Kier alpha value is -5.72. The van der Waals surface area contributed by atoms with Gasteiger partial charge in [-0.2, -0.15) is 0 Å². The lowest BCUT2D eigenvalue weighted by molar-refractivity contribution is -0.131. The molecule has 1 saturated heterocycles. The number of rotatable bonds is 25. The van der Waals surface area contributed by atoms with Crippen molar-refractivity contribution in [1.29, 1.82) is 0 Å². The number of phenols is 3. The van der Waals surface area contributed by atoms with E-state index in [1.807, 2.05) is 86.6 Å². The molecule has 6 aromatic rings. The molecule has 0 unspecified atom stereocenters. The number of phenolic OH excluding ortho intramolecular Hbond substituents is 3. The van der Waals surface area contributed by atoms with Gasteiger partial charge in [-0.25, -0.2) is 0 Å². The molecular weight excluding hydrogens is 1110 g/mol. The molecule has 0 atom stereocenters. The number of hydrogen-bond acceptors (Lipinski definition) is 13. The largest absolute Gasteiger partial charge is 0.508 e. The molecule has 0 aliphatic carbocycles. The number of aryl methyl sites for hydroxylation is 1. The Bertz CT molecular complexity index is 2840. The van der Waals surface area contributed by atoms with Crippen molar-refractivity contribution in [2.24, 2.45) is 0 Å². The number of amides is 3. The van der Waals surface area contributed by atoms with Gasteiger partial charge in [0.25, 0.3) is 0 Å². The van der Waals surface area contributed by atoms with Crippen molar-refractivity contribution < 1.29 is 43.9 Å². The van der Waals surface area contributed by atoms with E-state index in [-0.39, 0.29) is 35.0 Å². The molecule has 6 aromatic carbocycles. The first-order valence-corrected chi connectivity index (χ1v) is 30.2. The molecule has 0 bridgehead atoms. The SMILES string of the molecule is CN(Cc1ccccc1CN1CCOCC1)C(=O)CCCSc1ccc(O)cc1.COc1c(Cl)cc(Cl)cc1CN(C)C(=O)CCCSc1ccc(O)cc1.COc1cc(C)ccc1CN(C)C(=O)CCCSc1ccc(O)cc1. The second-order valence-electron chi connectivity index (χ2n) is 19.1. The van der Waals surface area contributed by atoms with Crippen molar-refractivity contribution in [3.8, 4) is 28.7 Å². The third kappa shape index (κ3) is 23.4. The number of ether oxygens (including phenoxy) is 3. The van der Waals surface area contributed by atoms with Crippen LogP contribution < -0.4 is 9.47 Å². The summed E-state index contributed by atoms with van der Waals surface area (Å²) in [5.41, 5.74) is 5.44. The van der Waals surface area contributed by atoms with Crippen LogP contribution >= 0.6 is 58.5 Å². The standard InChI is InChI=1S/C23H30N2O3S.C20H25NO3S.C19H21Cl2NO3S/c1-24(23(27)7-4-16-29-22-10-8-21(26)9-11-22)17-19-5-2-3-6-20(19)18-25-12-14-28-15-13-25;1-15-6-7-16(19(13-15)24-3)14-21(2)20(23)5-4-12-25-18-10-8-17(22)9-11-18;1-22(12-13-10-14(20)11-17(21)19(13)25-2)18(24)4-3-9-26-16-7-5-15(23)6-8-16/h2-3,5-6,8-11,26H,4,7,12-18H2,1H3;6-11,13,22H,4-5,12,14H2,1-3H3;5-8,10-11,23H,3-4,9,12H2,1-2H3. The molecule has 430 valence electrons. The van der Waals surface area contributed by atoms with E-state index in [0.717, 1.165) is 106 Å². The van der Waals surface area contributed by atoms with Crippen molar-refractivity contribution in [3.63, 3.8) is 0 Å². The zero-order valence-corrected chi connectivity index (χ0v) is 50.7. The van der Waals surface area contributed by atoms with Crippen LogP contribution in [-0.4, -0.2) is 132 Å². The van der Waals surface area contributed by atoms with E-state index < -0.39 is 0 Å². The minimum atomic E-state index is 0.0504. The Morgan fingerprint density at radius 2 is 0.975 bits per heavy atom. The molecule has 13 nitrogen and oxygen atoms in total. The van der Waals surface area contributed by atoms with E-state index in [0.29, 0.717) is 54.7 Å². The number of hydrogen-bond donors (Lipinski definition) is 3. The number of halogens is 2. The summed E-state index contributed by atoms with van der Waals surface area (Å²) in [5, 5.41) is 28.8. The summed E-state index contributed by atoms with van der Waals surface area (Å²) in [7, 11) is 8.67. The predicted octanol–water partition coefficient (Wildman–Crippen LogP) is 13.2. The van der Waals surface area contributed by atoms with Crippen molar-refractivity contribution in [2.75, 3.05) is 78.9 Å². The quantitative estimate of drug-likeness (QED) is 0.0369. The Labute approximate surface area is 495 Å². The van der Waals surface area contributed by atoms with Gasteiger partial charge in [-0.15, -0.1) is 35.3 Å². The number of methoxy groups -OCH3 is 2. The zero-order valence-electron chi connectivity index (χ0n) is 46.7. The van der Waals surface area contributed by atoms with Gasteiger partial charge in [-0.3, -0.25) is 19.3 Å². The highest BCUT2D eigenvalue weighted by molar-refractivity contribution is 7.99. The van der Waals surface area contributed by atoms with Crippen LogP contribution in [0, 0.1) is 6.92 Å². The third-order valence-corrected chi connectivity index (χ3v) is 16.6. The van der Waals surface area contributed by atoms with E-state index in [1.54, 1.807) is 115 Å². The zero-order chi connectivity index (χ0) is 57.8. The summed E-state index contributed by atoms with van der Waals surface area (Å²) in [6, 6.07) is 39.2. The summed E-state index contributed by atoms with van der Waals surface area (Å²) in [6.07, 6.45) is 3.95. The second kappa shape index (κ2) is 35.2. The number of carbonyl (C=O) groups is 3. The third-order valence-electron chi connectivity index (χ3n) is 12.8. The van der Waals surface area contributed by atoms with Gasteiger partial charge in [0.1, 0.15) is 28.7 Å². The van der Waals surface area contributed by atoms with Gasteiger partial charge in [0.2, 0.25) is 17.7 Å². The average molecular weight is 1190 g/mol. The summed E-state index contributed by atoms with van der Waals surface area (Å²) in [6.45, 7) is 8.01.